The lowest BCUT2D eigenvalue weighted by molar-refractivity contribution is 0.398. The van der Waals surface area contributed by atoms with Gasteiger partial charge in [0.2, 0.25) is 0 Å². The van der Waals surface area contributed by atoms with E-state index < -0.39 is 0 Å². The van der Waals surface area contributed by atoms with Gasteiger partial charge in [0, 0.05) is 24.8 Å². The lowest BCUT2D eigenvalue weighted by Gasteiger charge is -2.28. The Bertz CT molecular complexity index is 514. The summed E-state index contributed by atoms with van der Waals surface area (Å²) in [6, 6.07) is 3.10. The molecule has 110 valence electrons. The fraction of sp³-hybridized carbons (Fsp3) is 0.600. The molecule has 3 rings (SSSR count). The Morgan fingerprint density at radius 1 is 1.30 bits per heavy atom. The number of fused-ring (bicyclic) bond motifs is 1. The van der Waals surface area contributed by atoms with Crippen molar-refractivity contribution in [3.8, 4) is 0 Å². The number of piperidine rings is 1. The highest BCUT2D eigenvalue weighted by molar-refractivity contribution is 5.86. The SMILES string of the molecule is CC1CCC(Nc2ncnc3[nH]ccc23)CN1.CCC. The number of aromatic nitrogens is 3. The average molecular weight is 275 g/mol. The molecule has 3 N–H and O–H groups in total. The molecule has 1 saturated heterocycles. The number of rotatable bonds is 2. The molecule has 0 bridgehead atoms. The molecule has 0 aliphatic carbocycles. The first-order valence-electron chi connectivity index (χ1n) is 7.52. The van der Waals surface area contributed by atoms with Crippen LogP contribution in [0.4, 0.5) is 5.82 Å². The van der Waals surface area contributed by atoms with Crippen LogP contribution in [-0.4, -0.2) is 33.6 Å². The Balaban J connectivity index is 0.000000452. The molecule has 1 aliphatic rings. The third kappa shape index (κ3) is 3.70. The van der Waals surface area contributed by atoms with Gasteiger partial charge in [-0.1, -0.05) is 20.3 Å². The highest BCUT2D eigenvalue weighted by Crippen LogP contribution is 2.20. The number of aromatic amines is 1. The van der Waals surface area contributed by atoms with Gasteiger partial charge >= 0.3 is 0 Å². The number of hydrogen-bond acceptors (Lipinski definition) is 4. The smallest absolute Gasteiger partial charge is 0.142 e. The van der Waals surface area contributed by atoms with Crippen molar-refractivity contribution >= 4 is 16.9 Å². The summed E-state index contributed by atoms with van der Waals surface area (Å²) < 4.78 is 0. The normalized spacial score (nSPS) is 22.1. The zero-order valence-corrected chi connectivity index (χ0v) is 12.6. The molecule has 0 radical (unpaired) electrons. The summed E-state index contributed by atoms with van der Waals surface area (Å²) in [4.78, 5) is 11.6. The van der Waals surface area contributed by atoms with Gasteiger partial charge in [-0.2, -0.15) is 0 Å². The van der Waals surface area contributed by atoms with Crippen molar-refractivity contribution < 1.29 is 0 Å². The molecule has 2 aromatic heterocycles. The van der Waals surface area contributed by atoms with Crippen molar-refractivity contribution in [1.82, 2.24) is 20.3 Å². The van der Waals surface area contributed by atoms with Gasteiger partial charge in [0.15, 0.2) is 0 Å². The van der Waals surface area contributed by atoms with E-state index in [4.69, 9.17) is 0 Å². The molecule has 2 unspecified atom stereocenters. The maximum Gasteiger partial charge on any atom is 0.142 e. The van der Waals surface area contributed by atoms with Gasteiger partial charge in [-0.3, -0.25) is 0 Å². The molecule has 2 aromatic rings. The topological polar surface area (TPSA) is 65.6 Å². The summed E-state index contributed by atoms with van der Waals surface area (Å²) >= 11 is 0. The van der Waals surface area contributed by atoms with E-state index in [1.165, 1.54) is 19.3 Å². The zero-order valence-electron chi connectivity index (χ0n) is 12.6. The lowest BCUT2D eigenvalue weighted by atomic mass is 10.0. The predicted molar refractivity (Wildman–Crippen MR) is 84.0 cm³/mol. The summed E-state index contributed by atoms with van der Waals surface area (Å²) in [5.41, 5.74) is 0.889. The Labute approximate surface area is 120 Å². The minimum absolute atomic E-state index is 0.458. The second-order valence-electron chi connectivity index (χ2n) is 5.40. The van der Waals surface area contributed by atoms with Crippen molar-refractivity contribution in [3.05, 3.63) is 18.6 Å². The average Bonchev–Trinajstić information content (AvgIpc) is 2.92. The van der Waals surface area contributed by atoms with Gasteiger partial charge in [-0.25, -0.2) is 9.97 Å². The summed E-state index contributed by atoms with van der Waals surface area (Å²) in [6.45, 7) is 7.47. The van der Waals surface area contributed by atoms with Gasteiger partial charge in [0.25, 0.3) is 0 Å². The third-order valence-electron chi connectivity index (χ3n) is 3.36. The Kier molecular flexibility index (Phi) is 5.35. The van der Waals surface area contributed by atoms with E-state index in [1.54, 1.807) is 6.33 Å². The van der Waals surface area contributed by atoms with Gasteiger partial charge in [-0.15, -0.1) is 0 Å². The van der Waals surface area contributed by atoms with Crippen molar-refractivity contribution in [2.45, 2.75) is 52.1 Å². The van der Waals surface area contributed by atoms with Crippen molar-refractivity contribution in [2.75, 3.05) is 11.9 Å². The first kappa shape index (κ1) is 14.8. The molecule has 1 aliphatic heterocycles. The Morgan fingerprint density at radius 2 is 2.10 bits per heavy atom. The van der Waals surface area contributed by atoms with Gasteiger partial charge < -0.3 is 15.6 Å². The number of hydrogen-bond donors (Lipinski definition) is 3. The molecular weight excluding hydrogens is 250 g/mol. The minimum atomic E-state index is 0.458. The molecule has 0 aromatic carbocycles. The van der Waals surface area contributed by atoms with Gasteiger partial charge in [0.1, 0.15) is 17.8 Å². The van der Waals surface area contributed by atoms with Crippen molar-refractivity contribution in [2.24, 2.45) is 0 Å². The van der Waals surface area contributed by atoms with Crippen LogP contribution in [0.1, 0.15) is 40.0 Å². The predicted octanol–water partition coefficient (Wildman–Crippen LogP) is 2.93. The highest BCUT2D eigenvalue weighted by atomic mass is 15.1. The van der Waals surface area contributed by atoms with E-state index in [0.29, 0.717) is 12.1 Å². The summed E-state index contributed by atoms with van der Waals surface area (Å²) in [6.07, 6.45) is 7.13. The molecule has 0 spiro atoms. The second-order valence-corrected chi connectivity index (χ2v) is 5.40. The maximum atomic E-state index is 4.32. The second kappa shape index (κ2) is 7.24. The number of nitrogens with zero attached hydrogens (tertiary/aromatic N) is 2. The van der Waals surface area contributed by atoms with Crippen molar-refractivity contribution in [1.29, 1.82) is 0 Å². The quantitative estimate of drug-likeness (QED) is 0.788. The van der Waals surface area contributed by atoms with Gasteiger partial charge in [0.05, 0.1) is 5.39 Å². The van der Waals surface area contributed by atoms with Crippen LogP contribution in [0.2, 0.25) is 0 Å². The number of nitrogens with one attached hydrogen (secondary N) is 3. The molecule has 5 heteroatoms. The highest BCUT2D eigenvalue weighted by Gasteiger charge is 2.18. The molecule has 20 heavy (non-hydrogen) atoms. The summed E-state index contributed by atoms with van der Waals surface area (Å²) in [7, 11) is 0. The van der Waals surface area contributed by atoms with Crippen LogP contribution in [0.3, 0.4) is 0 Å². The van der Waals surface area contributed by atoms with E-state index in [9.17, 15) is 0 Å². The Hall–Kier alpha value is -1.62. The summed E-state index contributed by atoms with van der Waals surface area (Å²) in [5, 5.41) is 8.04. The van der Waals surface area contributed by atoms with Crippen LogP contribution in [0.15, 0.2) is 18.6 Å². The van der Waals surface area contributed by atoms with Crippen LogP contribution in [0.5, 0.6) is 0 Å². The van der Waals surface area contributed by atoms with Crippen LogP contribution in [0, 0.1) is 0 Å². The van der Waals surface area contributed by atoms with E-state index >= 15 is 0 Å². The molecule has 5 nitrogen and oxygen atoms in total. The van der Waals surface area contributed by atoms with Gasteiger partial charge in [-0.05, 0) is 25.8 Å². The number of anilines is 1. The summed E-state index contributed by atoms with van der Waals surface area (Å²) in [5.74, 6) is 0.928. The molecule has 3 heterocycles. The fourth-order valence-electron chi connectivity index (χ4n) is 2.30. The maximum absolute atomic E-state index is 4.32. The van der Waals surface area contributed by atoms with Crippen LogP contribution in [-0.2, 0) is 0 Å². The third-order valence-corrected chi connectivity index (χ3v) is 3.36. The minimum Gasteiger partial charge on any atom is -0.365 e. The number of H-pyrrole nitrogens is 1. The van der Waals surface area contributed by atoms with E-state index in [-0.39, 0.29) is 0 Å². The molecule has 1 fully saturated rings. The largest absolute Gasteiger partial charge is 0.365 e. The van der Waals surface area contributed by atoms with E-state index in [2.05, 4.69) is 46.4 Å². The molecule has 0 amide bonds. The Morgan fingerprint density at radius 3 is 2.80 bits per heavy atom. The van der Waals surface area contributed by atoms with Crippen LogP contribution >= 0.6 is 0 Å². The van der Waals surface area contributed by atoms with Crippen LogP contribution < -0.4 is 10.6 Å². The molecule has 2 atom stereocenters. The van der Waals surface area contributed by atoms with E-state index in [1.807, 2.05) is 12.3 Å². The molecule has 0 saturated carbocycles. The first-order valence-corrected chi connectivity index (χ1v) is 7.52. The molecular formula is C15H25N5. The zero-order chi connectivity index (χ0) is 14.4. The lowest BCUT2D eigenvalue weighted by Crippen LogP contribution is -2.43. The first-order chi connectivity index (χ1) is 9.74. The fourth-order valence-corrected chi connectivity index (χ4v) is 2.30. The van der Waals surface area contributed by atoms with E-state index in [0.717, 1.165) is 23.4 Å². The van der Waals surface area contributed by atoms with Crippen LogP contribution in [0.25, 0.3) is 11.0 Å². The standard InChI is InChI=1S/C12H17N5.C3H8/c1-8-2-3-9(6-14-8)17-12-10-4-5-13-11(10)15-7-16-12;1-3-2/h4-5,7-9,14H,2-3,6H2,1H3,(H2,13,15,16,17);3H2,1-2H3. The van der Waals surface area contributed by atoms with Crippen molar-refractivity contribution in [3.63, 3.8) is 0 Å². The monoisotopic (exact) mass is 275 g/mol.